The van der Waals surface area contributed by atoms with Gasteiger partial charge in [-0.05, 0) is 35.4 Å². The fourth-order valence-corrected chi connectivity index (χ4v) is 1.92. The fraction of sp³-hybridized carbons (Fsp3) is 0.176. The third-order valence-electron chi connectivity index (χ3n) is 2.98. The molecule has 4 nitrogen and oxygen atoms in total. The van der Waals surface area contributed by atoms with Crippen LogP contribution >= 0.6 is 11.6 Å². The van der Waals surface area contributed by atoms with Crippen molar-refractivity contribution in [2.75, 3.05) is 6.61 Å². The summed E-state index contributed by atoms with van der Waals surface area (Å²) in [5.74, 6) is 0.402. The van der Waals surface area contributed by atoms with Gasteiger partial charge in [0.1, 0.15) is 5.75 Å². The zero-order valence-corrected chi connectivity index (χ0v) is 12.6. The van der Waals surface area contributed by atoms with Gasteiger partial charge in [0, 0.05) is 11.6 Å². The van der Waals surface area contributed by atoms with Crippen molar-refractivity contribution < 1.29 is 9.53 Å². The second-order valence-electron chi connectivity index (χ2n) is 4.67. The molecule has 2 rings (SSSR count). The Kier molecular flexibility index (Phi) is 5.81. The van der Waals surface area contributed by atoms with E-state index in [1.807, 2.05) is 24.3 Å². The van der Waals surface area contributed by atoms with Crippen LogP contribution in [0.3, 0.4) is 0 Å². The number of hydrogen-bond donors (Lipinski definition) is 1. The molecule has 0 heterocycles. The number of ether oxygens (including phenoxy) is 1. The summed E-state index contributed by atoms with van der Waals surface area (Å²) in [4.78, 5) is 11.7. The molecule has 2 aromatic carbocycles. The molecule has 0 aromatic heterocycles. The molecular weight excluding hydrogens is 300 g/mol. The Labute approximate surface area is 134 Å². The van der Waals surface area contributed by atoms with Crippen LogP contribution in [0.5, 0.6) is 5.75 Å². The van der Waals surface area contributed by atoms with Crippen molar-refractivity contribution in [3.8, 4) is 11.8 Å². The second-order valence-corrected chi connectivity index (χ2v) is 5.11. The van der Waals surface area contributed by atoms with E-state index in [0.717, 1.165) is 11.1 Å². The lowest BCUT2D eigenvalue weighted by molar-refractivity contribution is -0.123. The van der Waals surface area contributed by atoms with E-state index in [9.17, 15) is 4.79 Å². The number of nitrogens with one attached hydrogen (secondary N) is 1. The molecule has 0 unspecified atom stereocenters. The normalized spacial score (nSPS) is 9.82. The summed E-state index contributed by atoms with van der Waals surface area (Å²) in [5.41, 5.74) is 1.89. The molecule has 22 heavy (non-hydrogen) atoms. The van der Waals surface area contributed by atoms with Crippen LogP contribution in [-0.2, 0) is 17.8 Å². The van der Waals surface area contributed by atoms with Gasteiger partial charge in [0.05, 0.1) is 12.5 Å². The Bertz CT molecular complexity index is 661. The molecule has 0 bridgehead atoms. The Balaban J connectivity index is 1.75. The van der Waals surface area contributed by atoms with Crippen molar-refractivity contribution in [2.45, 2.75) is 13.0 Å². The number of nitriles is 1. The van der Waals surface area contributed by atoms with Gasteiger partial charge in [-0.3, -0.25) is 4.79 Å². The fourth-order valence-electron chi connectivity index (χ4n) is 1.80. The summed E-state index contributed by atoms with van der Waals surface area (Å²) < 4.78 is 5.39. The van der Waals surface area contributed by atoms with Crippen LogP contribution in [0.2, 0.25) is 5.02 Å². The van der Waals surface area contributed by atoms with Crippen molar-refractivity contribution >= 4 is 17.5 Å². The largest absolute Gasteiger partial charge is 0.484 e. The van der Waals surface area contributed by atoms with Gasteiger partial charge in [-0.2, -0.15) is 5.26 Å². The van der Waals surface area contributed by atoms with Crippen molar-refractivity contribution in [2.24, 2.45) is 0 Å². The molecule has 112 valence electrons. The summed E-state index contributed by atoms with van der Waals surface area (Å²) in [6.45, 7) is 0.381. The summed E-state index contributed by atoms with van der Waals surface area (Å²) in [6, 6.07) is 16.5. The molecule has 0 radical (unpaired) electrons. The van der Waals surface area contributed by atoms with E-state index in [1.54, 1.807) is 24.3 Å². The number of rotatable bonds is 6. The molecular formula is C17H15ClN2O2. The summed E-state index contributed by atoms with van der Waals surface area (Å²) >= 11 is 5.80. The van der Waals surface area contributed by atoms with Crippen LogP contribution in [-0.4, -0.2) is 12.5 Å². The number of carbonyl (C=O) groups excluding carboxylic acids is 1. The lowest BCUT2D eigenvalue weighted by Gasteiger charge is -2.08. The maximum Gasteiger partial charge on any atom is 0.258 e. The SMILES string of the molecule is N#CCc1ccc(OCC(=O)NCc2ccc(Cl)cc2)cc1. The van der Waals surface area contributed by atoms with Crippen LogP contribution in [0, 0.1) is 11.3 Å². The zero-order valence-electron chi connectivity index (χ0n) is 11.9. The number of benzene rings is 2. The molecule has 0 atom stereocenters. The summed E-state index contributed by atoms with van der Waals surface area (Å²) in [5, 5.41) is 12.0. The predicted octanol–water partition coefficient (Wildman–Crippen LogP) is 3.10. The van der Waals surface area contributed by atoms with E-state index >= 15 is 0 Å². The molecule has 0 fully saturated rings. The smallest absolute Gasteiger partial charge is 0.258 e. The van der Waals surface area contributed by atoms with Crippen LogP contribution < -0.4 is 10.1 Å². The first-order chi connectivity index (χ1) is 10.7. The molecule has 5 heteroatoms. The molecule has 0 aliphatic carbocycles. The monoisotopic (exact) mass is 314 g/mol. The van der Waals surface area contributed by atoms with Crippen molar-refractivity contribution in [3.05, 3.63) is 64.7 Å². The molecule has 2 aromatic rings. The van der Waals surface area contributed by atoms with E-state index in [-0.39, 0.29) is 12.5 Å². The zero-order chi connectivity index (χ0) is 15.8. The number of amides is 1. The minimum absolute atomic E-state index is 0.0504. The quantitative estimate of drug-likeness (QED) is 0.891. The topological polar surface area (TPSA) is 62.1 Å². The number of halogens is 1. The highest BCUT2D eigenvalue weighted by atomic mass is 35.5. The molecule has 1 N–H and O–H groups in total. The molecule has 0 aliphatic heterocycles. The Morgan fingerprint density at radius 3 is 2.36 bits per heavy atom. The number of nitrogens with zero attached hydrogens (tertiary/aromatic N) is 1. The van der Waals surface area contributed by atoms with Gasteiger partial charge >= 0.3 is 0 Å². The van der Waals surface area contributed by atoms with E-state index in [2.05, 4.69) is 11.4 Å². The minimum Gasteiger partial charge on any atom is -0.484 e. The standard InChI is InChI=1S/C17H15ClN2O2/c18-15-5-1-14(2-6-15)11-20-17(21)12-22-16-7-3-13(4-8-16)9-10-19/h1-8H,9,11-12H2,(H,20,21). The van der Waals surface area contributed by atoms with Crippen molar-refractivity contribution in [1.29, 1.82) is 5.26 Å². The molecule has 0 saturated heterocycles. The van der Waals surface area contributed by atoms with Gasteiger partial charge in [0.2, 0.25) is 0 Å². The summed E-state index contributed by atoms with van der Waals surface area (Å²) in [6.07, 6.45) is 0.363. The van der Waals surface area contributed by atoms with Gasteiger partial charge in [-0.15, -0.1) is 0 Å². The maximum atomic E-state index is 11.7. The molecule has 0 aliphatic rings. The lowest BCUT2D eigenvalue weighted by atomic mass is 10.2. The first-order valence-corrected chi connectivity index (χ1v) is 7.15. The predicted molar refractivity (Wildman–Crippen MR) is 84.6 cm³/mol. The van der Waals surface area contributed by atoms with Gasteiger partial charge in [0.25, 0.3) is 5.91 Å². The van der Waals surface area contributed by atoms with Gasteiger partial charge in [-0.1, -0.05) is 35.9 Å². The molecule has 0 saturated carbocycles. The van der Waals surface area contributed by atoms with E-state index in [0.29, 0.717) is 23.7 Å². The lowest BCUT2D eigenvalue weighted by Crippen LogP contribution is -2.28. The second kappa shape index (κ2) is 8.06. The highest BCUT2D eigenvalue weighted by Gasteiger charge is 2.03. The third-order valence-corrected chi connectivity index (χ3v) is 3.23. The maximum absolute atomic E-state index is 11.7. The van der Waals surface area contributed by atoms with Gasteiger partial charge in [0.15, 0.2) is 6.61 Å². The highest BCUT2D eigenvalue weighted by molar-refractivity contribution is 6.30. The average molecular weight is 315 g/mol. The van der Waals surface area contributed by atoms with E-state index in [1.165, 1.54) is 0 Å². The molecule has 0 spiro atoms. The van der Waals surface area contributed by atoms with Crippen molar-refractivity contribution in [1.82, 2.24) is 5.32 Å². The number of carbonyl (C=O) groups is 1. The molecule has 1 amide bonds. The van der Waals surface area contributed by atoms with Crippen LogP contribution in [0.15, 0.2) is 48.5 Å². The van der Waals surface area contributed by atoms with Crippen LogP contribution in [0.4, 0.5) is 0 Å². The first kappa shape index (κ1) is 15.9. The van der Waals surface area contributed by atoms with Crippen LogP contribution in [0.1, 0.15) is 11.1 Å². The Morgan fingerprint density at radius 1 is 1.09 bits per heavy atom. The van der Waals surface area contributed by atoms with E-state index < -0.39 is 0 Å². The minimum atomic E-state index is -0.198. The van der Waals surface area contributed by atoms with Crippen LogP contribution in [0.25, 0.3) is 0 Å². The van der Waals surface area contributed by atoms with E-state index in [4.69, 9.17) is 21.6 Å². The third kappa shape index (κ3) is 5.12. The Morgan fingerprint density at radius 2 is 1.73 bits per heavy atom. The van der Waals surface area contributed by atoms with Crippen molar-refractivity contribution in [3.63, 3.8) is 0 Å². The highest BCUT2D eigenvalue weighted by Crippen LogP contribution is 2.12. The first-order valence-electron chi connectivity index (χ1n) is 6.77. The Hall–Kier alpha value is -2.51. The number of hydrogen-bond acceptors (Lipinski definition) is 3. The summed E-state index contributed by atoms with van der Waals surface area (Å²) in [7, 11) is 0. The van der Waals surface area contributed by atoms with Gasteiger partial charge < -0.3 is 10.1 Å². The van der Waals surface area contributed by atoms with Gasteiger partial charge in [-0.25, -0.2) is 0 Å². The average Bonchev–Trinajstić information content (AvgIpc) is 2.54.